The minimum absolute atomic E-state index is 0.169. The number of nitrogens with zero attached hydrogens (tertiary/aromatic N) is 3. The largest absolute Gasteiger partial charge is 0.490 e. The molecule has 2 amide bonds. The number of amides is 2. The van der Waals surface area contributed by atoms with Crippen LogP contribution in [0.2, 0.25) is 0 Å². The van der Waals surface area contributed by atoms with Crippen LogP contribution in [0.1, 0.15) is 58.1 Å². The SMILES string of the molecule is CCOc1ccc(C(NC(=O)NC(C)c2nnc3ccccn23)C(C)C)cc1OCC. The summed E-state index contributed by atoms with van der Waals surface area (Å²) in [6.07, 6.45) is 1.88. The number of hydrogen-bond acceptors (Lipinski definition) is 5. The zero-order valence-corrected chi connectivity index (χ0v) is 18.8. The molecule has 31 heavy (non-hydrogen) atoms. The molecule has 0 fully saturated rings. The van der Waals surface area contributed by atoms with E-state index in [4.69, 9.17) is 9.47 Å². The van der Waals surface area contributed by atoms with Crippen LogP contribution in [-0.4, -0.2) is 33.8 Å². The Bertz CT molecular complexity index is 1020. The van der Waals surface area contributed by atoms with Gasteiger partial charge in [0, 0.05) is 6.20 Å². The molecule has 0 aliphatic heterocycles. The normalized spacial score (nSPS) is 13.1. The van der Waals surface area contributed by atoms with Gasteiger partial charge in [-0.2, -0.15) is 0 Å². The highest BCUT2D eigenvalue weighted by molar-refractivity contribution is 5.75. The van der Waals surface area contributed by atoms with E-state index in [0.29, 0.717) is 30.5 Å². The Morgan fingerprint density at radius 1 is 1.00 bits per heavy atom. The summed E-state index contributed by atoms with van der Waals surface area (Å²) in [5, 5.41) is 14.4. The third-order valence-corrected chi connectivity index (χ3v) is 4.95. The second kappa shape index (κ2) is 10.1. The predicted molar refractivity (Wildman–Crippen MR) is 119 cm³/mol. The van der Waals surface area contributed by atoms with Crippen molar-refractivity contribution in [3.8, 4) is 11.5 Å². The molecule has 0 aliphatic carbocycles. The van der Waals surface area contributed by atoms with E-state index in [1.54, 1.807) is 0 Å². The van der Waals surface area contributed by atoms with Crippen LogP contribution in [0.4, 0.5) is 4.79 Å². The van der Waals surface area contributed by atoms with Gasteiger partial charge in [0.15, 0.2) is 23.0 Å². The first kappa shape index (κ1) is 22.4. The highest BCUT2D eigenvalue weighted by Crippen LogP contribution is 2.33. The smallest absolute Gasteiger partial charge is 0.315 e. The Morgan fingerprint density at radius 2 is 1.74 bits per heavy atom. The van der Waals surface area contributed by atoms with Gasteiger partial charge < -0.3 is 20.1 Å². The van der Waals surface area contributed by atoms with Crippen molar-refractivity contribution in [3.05, 3.63) is 54.0 Å². The summed E-state index contributed by atoms with van der Waals surface area (Å²) < 4.78 is 13.3. The molecule has 2 atom stereocenters. The van der Waals surface area contributed by atoms with Crippen LogP contribution in [0.3, 0.4) is 0 Å². The molecule has 0 saturated carbocycles. The van der Waals surface area contributed by atoms with E-state index in [2.05, 4.69) is 34.7 Å². The average molecular weight is 426 g/mol. The van der Waals surface area contributed by atoms with E-state index in [-0.39, 0.29) is 24.0 Å². The molecule has 8 nitrogen and oxygen atoms in total. The summed E-state index contributed by atoms with van der Waals surface area (Å²) >= 11 is 0. The molecule has 2 unspecified atom stereocenters. The molecule has 0 spiro atoms. The number of rotatable bonds is 9. The fourth-order valence-electron chi connectivity index (χ4n) is 3.50. The average Bonchev–Trinajstić information content (AvgIpc) is 3.18. The topological polar surface area (TPSA) is 89.8 Å². The van der Waals surface area contributed by atoms with E-state index in [1.807, 2.05) is 67.8 Å². The minimum atomic E-state index is -0.315. The van der Waals surface area contributed by atoms with Gasteiger partial charge in [-0.25, -0.2) is 4.79 Å². The molecule has 166 valence electrons. The van der Waals surface area contributed by atoms with Gasteiger partial charge in [-0.15, -0.1) is 10.2 Å². The number of fused-ring (bicyclic) bond motifs is 1. The van der Waals surface area contributed by atoms with Crippen molar-refractivity contribution in [1.29, 1.82) is 0 Å². The van der Waals surface area contributed by atoms with Gasteiger partial charge in [-0.3, -0.25) is 4.40 Å². The summed E-state index contributed by atoms with van der Waals surface area (Å²) in [4.78, 5) is 12.8. The van der Waals surface area contributed by atoms with Crippen LogP contribution >= 0.6 is 0 Å². The van der Waals surface area contributed by atoms with E-state index in [0.717, 1.165) is 11.2 Å². The van der Waals surface area contributed by atoms with Gasteiger partial charge in [0.1, 0.15) is 0 Å². The van der Waals surface area contributed by atoms with Crippen LogP contribution in [-0.2, 0) is 0 Å². The summed E-state index contributed by atoms with van der Waals surface area (Å²) in [6.45, 7) is 11.0. The molecule has 8 heteroatoms. The molecule has 0 aliphatic rings. The Hall–Kier alpha value is -3.29. The number of pyridine rings is 1. The summed E-state index contributed by atoms with van der Waals surface area (Å²) in [7, 11) is 0. The standard InChI is InChI=1S/C23H31N5O3/c1-6-30-18-12-11-17(14-19(18)31-7-2)21(15(3)4)25-23(29)24-16(5)22-27-26-20-10-8-9-13-28(20)22/h8-16,21H,6-7H2,1-5H3,(H2,24,25,29). The number of aromatic nitrogens is 3. The molecule has 3 aromatic rings. The maximum atomic E-state index is 12.8. The van der Waals surface area contributed by atoms with Crippen molar-refractivity contribution < 1.29 is 14.3 Å². The van der Waals surface area contributed by atoms with Crippen molar-refractivity contribution in [2.75, 3.05) is 13.2 Å². The van der Waals surface area contributed by atoms with Gasteiger partial charge in [0.25, 0.3) is 0 Å². The van der Waals surface area contributed by atoms with Crippen LogP contribution in [0, 0.1) is 5.92 Å². The number of ether oxygens (including phenoxy) is 2. The molecule has 0 bridgehead atoms. The van der Waals surface area contributed by atoms with E-state index >= 15 is 0 Å². The maximum absolute atomic E-state index is 12.8. The summed E-state index contributed by atoms with van der Waals surface area (Å²) in [5.74, 6) is 2.22. The Kier molecular flexibility index (Phi) is 7.33. The lowest BCUT2D eigenvalue weighted by Crippen LogP contribution is -2.41. The molecule has 0 saturated heterocycles. The monoisotopic (exact) mass is 425 g/mol. The lowest BCUT2D eigenvalue weighted by molar-refractivity contribution is 0.229. The van der Waals surface area contributed by atoms with Crippen molar-refractivity contribution in [2.24, 2.45) is 5.92 Å². The molecule has 3 rings (SSSR count). The Balaban J connectivity index is 1.75. The predicted octanol–water partition coefficient (Wildman–Crippen LogP) is 4.28. The fraction of sp³-hybridized carbons (Fsp3) is 0.435. The number of urea groups is 1. The Labute approximate surface area is 183 Å². The van der Waals surface area contributed by atoms with Crippen LogP contribution in [0.5, 0.6) is 11.5 Å². The van der Waals surface area contributed by atoms with Crippen LogP contribution in [0.25, 0.3) is 5.65 Å². The molecule has 1 aromatic carbocycles. The quantitative estimate of drug-likeness (QED) is 0.534. The summed E-state index contributed by atoms with van der Waals surface area (Å²) in [6, 6.07) is 10.7. The number of nitrogens with one attached hydrogen (secondary N) is 2. The first-order valence-corrected chi connectivity index (χ1v) is 10.7. The van der Waals surface area contributed by atoms with Crippen molar-refractivity contribution in [1.82, 2.24) is 25.2 Å². The highest BCUT2D eigenvalue weighted by atomic mass is 16.5. The number of carbonyl (C=O) groups excluding carboxylic acids is 1. The van der Waals surface area contributed by atoms with E-state index < -0.39 is 0 Å². The molecule has 2 N–H and O–H groups in total. The molecule has 2 heterocycles. The zero-order chi connectivity index (χ0) is 22.4. The van der Waals surface area contributed by atoms with Gasteiger partial charge in [0.05, 0.1) is 25.3 Å². The van der Waals surface area contributed by atoms with Crippen LogP contribution in [0.15, 0.2) is 42.6 Å². The summed E-state index contributed by atoms with van der Waals surface area (Å²) in [5.41, 5.74) is 1.70. The second-order valence-electron chi connectivity index (χ2n) is 7.62. The fourth-order valence-corrected chi connectivity index (χ4v) is 3.50. The first-order chi connectivity index (χ1) is 14.9. The number of benzene rings is 1. The highest BCUT2D eigenvalue weighted by Gasteiger charge is 2.22. The maximum Gasteiger partial charge on any atom is 0.315 e. The molecule has 2 aromatic heterocycles. The van der Waals surface area contributed by atoms with Gasteiger partial charge >= 0.3 is 6.03 Å². The first-order valence-electron chi connectivity index (χ1n) is 10.7. The lowest BCUT2D eigenvalue weighted by atomic mass is 9.95. The van der Waals surface area contributed by atoms with E-state index in [1.165, 1.54) is 0 Å². The third kappa shape index (κ3) is 5.25. The second-order valence-corrected chi connectivity index (χ2v) is 7.62. The van der Waals surface area contributed by atoms with Crippen molar-refractivity contribution in [2.45, 2.75) is 46.7 Å². The zero-order valence-electron chi connectivity index (χ0n) is 18.8. The van der Waals surface area contributed by atoms with Gasteiger partial charge in [0.2, 0.25) is 0 Å². The van der Waals surface area contributed by atoms with Gasteiger partial charge in [-0.1, -0.05) is 26.0 Å². The molecular formula is C23H31N5O3. The molecule has 0 radical (unpaired) electrons. The van der Waals surface area contributed by atoms with E-state index in [9.17, 15) is 4.79 Å². The third-order valence-electron chi connectivity index (χ3n) is 4.95. The molecular weight excluding hydrogens is 394 g/mol. The number of hydrogen-bond donors (Lipinski definition) is 2. The van der Waals surface area contributed by atoms with Gasteiger partial charge in [-0.05, 0) is 56.5 Å². The van der Waals surface area contributed by atoms with Crippen molar-refractivity contribution in [3.63, 3.8) is 0 Å². The van der Waals surface area contributed by atoms with Crippen LogP contribution < -0.4 is 20.1 Å². The van der Waals surface area contributed by atoms with Crippen molar-refractivity contribution >= 4 is 11.7 Å². The Morgan fingerprint density at radius 3 is 2.45 bits per heavy atom. The lowest BCUT2D eigenvalue weighted by Gasteiger charge is -2.25. The minimum Gasteiger partial charge on any atom is -0.490 e. The number of carbonyl (C=O) groups is 1.